The highest BCUT2D eigenvalue weighted by atomic mass is 32.2. The highest BCUT2D eigenvalue weighted by Crippen LogP contribution is 2.49. The van der Waals surface area contributed by atoms with Crippen LogP contribution in [0.1, 0.15) is 24.3 Å². The Morgan fingerprint density at radius 1 is 1.36 bits per heavy atom. The van der Waals surface area contributed by atoms with Crippen molar-refractivity contribution < 1.29 is 23.5 Å². The number of aliphatic carboxylic acids is 1. The third-order valence-corrected chi connectivity index (χ3v) is 5.47. The van der Waals surface area contributed by atoms with Crippen molar-refractivity contribution >= 4 is 23.6 Å². The Morgan fingerprint density at radius 2 is 2.14 bits per heavy atom. The molecule has 1 aromatic carbocycles. The highest BCUT2D eigenvalue weighted by molar-refractivity contribution is 7.99. The molecule has 1 saturated heterocycles. The average Bonchev–Trinajstić information content (AvgIpc) is 3.13. The quantitative estimate of drug-likeness (QED) is 0.889. The second-order valence-electron chi connectivity index (χ2n) is 5.79. The number of carboxylic acid groups (broad SMARTS) is 1. The molecule has 0 radical (unpaired) electrons. The molecule has 1 saturated carbocycles. The Bertz CT molecular complexity index is 631. The number of carbonyl (C=O) groups excluding carboxylic acids is 1. The number of nitrogens with one attached hydrogen (secondary N) is 1. The van der Waals surface area contributed by atoms with E-state index in [1.165, 1.54) is 11.8 Å². The summed E-state index contributed by atoms with van der Waals surface area (Å²) in [5, 5.41) is 12.0. The fraction of sp³-hybridized carbons (Fsp3) is 0.467. The first-order valence-electron chi connectivity index (χ1n) is 7.01. The smallest absolute Gasteiger partial charge is 0.330 e. The fourth-order valence-corrected chi connectivity index (χ4v) is 4.17. The number of rotatable bonds is 4. The predicted molar refractivity (Wildman–Crippen MR) is 77.7 cm³/mol. The van der Waals surface area contributed by atoms with Crippen LogP contribution in [0.15, 0.2) is 18.2 Å². The van der Waals surface area contributed by atoms with E-state index in [1.54, 1.807) is 0 Å². The SMILES string of the molecule is O=C(NC1(C(=O)O)CCSC1)C1CC1c1cc(F)ccc1F. The lowest BCUT2D eigenvalue weighted by Gasteiger charge is -2.24. The van der Waals surface area contributed by atoms with Crippen LogP contribution in [-0.2, 0) is 9.59 Å². The third kappa shape index (κ3) is 2.69. The average molecular weight is 327 g/mol. The number of benzene rings is 1. The number of halogens is 2. The molecule has 3 unspecified atom stereocenters. The van der Waals surface area contributed by atoms with Crippen molar-refractivity contribution in [3.8, 4) is 0 Å². The van der Waals surface area contributed by atoms with Crippen LogP contribution >= 0.6 is 11.8 Å². The van der Waals surface area contributed by atoms with Gasteiger partial charge < -0.3 is 10.4 Å². The Hall–Kier alpha value is -1.63. The second kappa shape index (κ2) is 5.53. The van der Waals surface area contributed by atoms with Gasteiger partial charge in [-0.25, -0.2) is 13.6 Å². The van der Waals surface area contributed by atoms with Crippen LogP contribution in [0.2, 0.25) is 0 Å². The lowest BCUT2D eigenvalue weighted by atomic mass is 9.98. The van der Waals surface area contributed by atoms with E-state index in [-0.39, 0.29) is 11.5 Å². The van der Waals surface area contributed by atoms with Crippen LogP contribution in [-0.4, -0.2) is 34.0 Å². The molecule has 3 atom stereocenters. The lowest BCUT2D eigenvalue weighted by Crippen LogP contribution is -2.55. The maximum atomic E-state index is 13.7. The number of amides is 1. The van der Waals surface area contributed by atoms with Gasteiger partial charge in [-0.05, 0) is 48.3 Å². The molecule has 2 N–H and O–H groups in total. The van der Waals surface area contributed by atoms with Crippen molar-refractivity contribution in [1.82, 2.24) is 5.32 Å². The van der Waals surface area contributed by atoms with E-state index >= 15 is 0 Å². The summed E-state index contributed by atoms with van der Waals surface area (Å²) in [5.41, 5.74) is -1.04. The largest absolute Gasteiger partial charge is 0.479 e. The minimum Gasteiger partial charge on any atom is -0.479 e. The predicted octanol–water partition coefficient (Wildman–Crippen LogP) is 2.14. The van der Waals surface area contributed by atoms with E-state index < -0.39 is 35.0 Å². The van der Waals surface area contributed by atoms with E-state index in [4.69, 9.17) is 0 Å². The lowest BCUT2D eigenvalue weighted by molar-refractivity contribution is -0.146. The highest BCUT2D eigenvalue weighted by Gasteiger charge is 2.50. The van der Waals surface area contributed by atoms with Crippen molar-refractivity contribution in [2.24, 2.45) is 5.92 Å². The summed E-state index contributed by atoms with van der Waals surface area (Å²) in [7, 11) is 0. The molecule has 22 heavy (non-hydrogen) atoms. The van der Waals surface area contributed by atoms with Gasteiger partial charge in [-0.1, -0.05) is 0 Å². The van der Waals surface area contributed by atoms with E-state index in [0.717, 1.165) is 18.2 Å². The van der Waals surface area contributed by atoms with Gasteiger partial charge in [0.2, 0.25) is 5.91 Å². The second-order valence-corrected chi connectivity index (χ2v) is 6.90. The number of thioether (sulfide) groups is 1. The zero-order chi connectivity index (χ0) is 15.9. The van der Waals surface area contributed by atoms with Crippen LogP contribution in [0.4, 0.5) is 8.78 Å². The minimum absolute atomic E-state index is 0.185. The van der Waals surface area contributed by atoms with Gasteiger partial charge in [0.25, 0.3) is 0 Å². The van der Waals surface area contributed by atoms with Gasteiger partial charge in [0.05, 0.1) is 0 Å². The molecule has 2 fully saturated rings. The van der Waals surface area contributed by atoms with Crippen LogP contribution in [0, 0.1) is 17.6 Å². The molecule has 0 spiro atoms. The first-order valence-corrected chi connectivity index (χ1v) is 8.16. The normalized spacial score (nSPS) is 30.1. The molecule has 4 nitrogen and oxygen atoms in total. The number of carboxylic acids is 1. The topological polar surface area (TPSA) is 66.4 Å². The summed E-state index contributed by atoms with van der Waals surface area (Å²) in [4.78, 5) is 23.7. The van der Waals surface area contributed by atoms with Gasteiger partial charge in [-0.15, -0.1) is 0 Å². The molecule has 0 aromatic heterocycles. The Balaban J connectivity index is 1.70. The van der Waals surface area contributed by atoms with Crippen molar-refractivity contribution in [2.45, 2.75) is 24.3 Å². The summed E-state index contributed by atoms with van der Waals surface area (Å²) in [6.45, 7) is 0. The molecular weight excluding hydrogens is 312 g/mol. The van der Waals surface area contributed by atoms with Crippen molar-refractivity contribution in [1.29, 1.82) is 0 Å². The summed E-state index contributed by atoms with van der Waals surface area (Å²) in [5.74, 6) is -2.37. The Morgan fingerprint density at radius 3 is 2.77 bits per heavy atom. The Labute approximate surface area is 130 Å². The van der Waals surface area contributed by atoms with Crippen LogP contribution < -0.4 is 5.32 Å². The molecule has 1 aliphatic carbocycles. The zero-order valence-corrected chi connectivity index (χ0v) is 12.5. The molecule has 2 aliphatic rings. The number of carbonyl (C=O) groups is 2. The van der Waals surface area contributed by atoms with Gasteiger partial charge in [0, 0.05) is 11.7 Å². The molecule has 0 bridgehead atoms. The first kappa shape index (κ1) is 15.3. The van der Waals surface area contributed by atoms with Crippen molar-refractivity contribution in [3.05, 3.63) is 35.4 Å². The summed E-state index contributed by atoms with van der Waals surface area (Å²) >= 11 is 1.48. The molecule has 7 heteroatoms. The maximum absolute atomic E-state index is 13.7. The summed E-state index contributed by atoms with van der Waals surface area (Å²) in [6, 6.07) is 3.18. The van der Waals surface area contributed by atoms with Gasteiger partial charge in [-0.3, -0.25) is 4.79 Å². The first-order chi connectivity index (χ1) is 10.4. The van der Waals surface area contributed by atoms with Gasteiger partial charge in [0.1, 0.15) is 17.2 Å². The third-order valence-electron chi connectivity index (χ3n) is 4.28. The number of hydrogen-bond acceptors (Lipinski definition) is 3. The van der Waals surface area contributed by atoms with Crippen LogP contribution in [0.5, 0.6) is 0 Å². The van der Waals surface area contributed by atoms with E-state index in [1.807, 2.05) is 0 Å². The van der Waals surface area contributed by atoms with Gasteiger partial charge in [0.15, 0.2) is 0 Å². The molecule has 1 amide bonds. The minimum atomic E-state index is -1.23. The molecular formula is C15H15F2NO3S. The van der Waals surface area contributed by atoms with Crippen LogP contribution in [0.3, 0.4) is 0 Å². The monoisotopic (exact) mass is 327 g/mol. The summed E-state index contributed by atoms with van der Waals surface area (Å²) < 4.78 is 26.9. The summed E-state index contributed by atoms with van der Waals surface area (Å²) in [6.07, 6.45) is 0.791. The standard InChI is InChI=1S/C15H15F2NO3S/c16-8-1-2-12(17)10(5-8)9-6-11(9)13(19)18-15(14(20)21)3-4-22-7-15/h1-2,5,9,11H,3-4,6-7H2,(H,18,19)(H,20,21). The fourth-order valence-electron chi connectivity index (χ4n) is 2.84. The molecule has 1 aliphatic heterocycles. The van der Waals surface area contributed by atoms with E-state index in [9.17, 15) is 23.5 Å². The molecule has 3 rings (SSSR count). The van der Waals surface area contributed by atoms with Gasteiger partial charge >= 0.3 is 5.97 Å². The van der Waals surface area contributed by atoms with Crippen molar-refractivity contribution in [3.63, 3.8) is 0 Å². The zero-order valence-electron chi connectivity index (χ0n) is 11.6. The Kier molecular flexibility index (Phi) is 3.84. The van der Waals surface area contributed by atoms with Gasteiger partial charge in [-0.2, -0.15) is 11.8 Å². The maximum Gasteiger partial charge on any atom is 0.330 e. The van der Waals surface area contributed by atoms with E-state index in [2.05, 4.69) is 5.32 Å². The number of hydrogen-bond donors (Lipinski definition) is 2. The molecule has 1 aromatic rings. The van der Waals surface area contributed by atoms with E-state index in [0.29, 0.717) is 24.3 Å². The molecule has 118 valence electrons. The van der Waals surface area contributed by atoms with Crippen LogP contribution in [0.25, 0.3) is 0 Å². The van der Waals surface area contributed by atoms with Crippen molar-refractivity contribution in [2.75, 3.05) is 11.5 Å². The molecule has 1 heterocycles.